The lowest BCUT2D eigenvalue weighted by molar-refractivity contribution is -0.128. The summed E-state index contributed by atoms with van der Waals surface area (Å²) < 4.78 is 0. The lowest BCUT2D eigenvalue weighted by Gasteiger charge is -2.57. The zero-order chi connectivity index (χ0) is 18.3. The molecule has 3 heteroatoms. The van der Waals surface area contributed by atoms with Crippen molar-refractivity contribution in [3.63, 3.8) is 0 Å². The van der Waals surface area contributed by atoms with Crippen LogP contribution in [0, 0.1) is 34.5 Å². The van der Waals surface area contributed by atoms with Gasteiger partial charge in [-0.3, -0.25) is 9.69 Å². The number of fused-ring (bicyclic) bond motifs is 5. The Morgan fingerprint density at radius 3 is 2.65 bits per heavy atom. The van der Waals surface area contributed by atoms with Crippen molar-refractivity contribution in [1.82, 2.24) is 4.90 Å². The van der Waals surface area contributed by atoms with Crippen LogP contribution in [0.4, 0.5) is 0 Å². The molecular weight excluding hydrogens is 322 g/mol. The molecule has 144 valence electrons. The van der Waals surface area contributed by atoms with Gasteiger partial charge in [0.05, 0.1) is 6.10 Å². The number of aliphatic hydroxyl groups excluding tert-OH is 1. The predicted octanol–water partition coefficient (Wildman–Crippen LogP) is 3.81. The van der Waals surface area contributed by atoms with E-state index in [1.807, 2.05) is 6.92 Å². The lowest BCUT2D eigenvalue weighted by atomic mass is 9.47. The van der Waals surface area contributed by atoms with E-state index in [1.165, 1.54) is 38.8 Å². The van der Waals surface area contributed by atoms with Crippen molar-refractivity contribution in [1.29, 1.82) is 0 Å². The SMILES string of the molecule is CC(=O)[C@H]1C(N2CC2)C[C@H]2[C@@H]3CC=C4C[C@@H](O)CC[C@]4(C)[C@H]3CC[C@]12C. The van der Waals surface area contributed by atoms with E-state index >= 15 is 0 Å². The van der Waals surface area contributed by atoms with Gasteiger partial charge in [-0.2, -0.15) is 0 Å². The standard InChI is InChI=1S/C23H35NO2/c1-14(25)21-20(24-10-11-24)13-19-17-5-4-15-12-16(26)6-8-22(15,2)18(17)7-9-23(19,21)3/h4,16-21,26H,5-13H2,1-3H3/t16-,17+,18-,19-,20?,21-,22-,23-/m0/s1. The fourth-order valence-corrected chi connectivity index (χ4v) is 8.14. The van der Waals surface area contributed by atoms with Gasteiger partial charge in [-0.15, -0.1) is 0 Å². The molecule has 0 aromatic carbocycles. The molecule has 0 aromatic rings. The molecule has 4 fully saturated rings. The highest BCUT2D eigenvalue weighted by molar-refractivity contribution is 5.80. The Kier molecular flexibility index (Phi) is 3.80. The summed E-state index contributed by atoms with van der Waals surface area (Å²) in [5.74, 6) is 2.88. The molecular formula is C23H35NO2. The van der Waals surface area contributed by atoms with Gasteiger partial charge in [-0.1, -0.05) is 25.5 Å². The molecule has 0 radical (unpaired) electrons. The monoisotopic (exact) mass is 357 g/mol. The largest absolute Gasteiger partial charge is 0.393 e. The number of Topliss-reactive ketones (excluding diaryl/α,β-unsaturated/α-hetero) is 1. The lowest BCUT2D eigenvalue weighted by Crippen LogP contribution is -2.51. The average Bonchev–Trinajstić information content (AvgIpc) is 3.37. The molecule has 8 atom stereocenters. The van der Waals surface area contributed by atoms with Gasteiger partial charge in [-0.25, -0.2) is 0 Å². The molecule has 0 aromatic heterocycles. The van der Waals surface area contributed by atoms with Crippen LogP contribution in [0.1, 0.15) is 65.7 Å². The molecule has 0 bridgehead atoms. The normalized spacial score (nSPS) is 53.3. The quantitative estimate of drug-likeness (QED) is 0.603. The Bertz CT molecular complexity index is 653. The summed E-state index contributed by atoms with van der Waals surface area (Å²) in [7, 11) is 0. The fourth-order valence-electron chi connectivity index (χ4n) is 8.14. The molecule has 5 aliphatic rings. The van der Waals surface area contributed by atoms with Crippen LogP contribution in [0.15, 0.2) is 11.6 Å². The Morgan fingerprint density at radius 2 is 1.96 bits per heavy atom. The third kappa shape index (κ3) is 2.29. The molecule has 1 heterocycles. The second-order valence-electron chi connectivity index (χ2n) is 10.6. The summed E-state index contributed by atoms with van der Waals surface area (Å²) in [5.41, 5.74) is 2.05. The number of ketones is 1. The fraction of sp³-hybridized carbons (Fsp3) is 0.870. The van der Waals surface area contributed by atoms with Crippen LogP contribution < -0.4 is 0 Å². The van der Waals surface area contributed by atoms with Gasteiger partial charge < -0.3 is 5.11 Å². The second-order valence-corrected chi connectivity index (χ2v) is 10.6. The molecule has 3 nitrogen and oxygen atoms in total. The van der Waals surface area contributed by atoms with Crippen molar-refractivity contribution in [2.45, 2.75) is 77.9 Å². The first-order valence-corrected chi connectivity index (χ1v) is 11.0. The highest BCUT2D eigenvalue weighted by Gasteiger charge is 2.63. The van der Waals surface area contributed by atoms with E-state index in [0.29, 0.717) is 23.2 Å². The molecule has 1 aliphatic heterocycles. The van der Waals surface area contributed by atoms with Gasteiger partial charge >= 0.3 is 0 Å². The van der Waals surface area contributed by atoms with Gasteiger partial charge in [0.25, 0.3) is 0 Å². The minimum Gasteiger partial charge on any atom is -0.393 e. The van der Waals surface area contributed by atoms with Crippen LogP contribution in [-0.2, 0) is 4.79 Å². The van der Waals surface area contributed by atoms with Gasteiger partial charge in [0.1, 0.15) is 5.78 Å². The average molecular weight is 358 g/mol. The number of rotatable bonds is 2. The molecule has 4 aliphatic carbocycles. The summed E-state index contributed by atoms with van der Waals surface area (Å²) in [4.78, 5) is 15.2. The Balaban J connectivity index is 1.50. The van der Waals surface area contributed by atoms with Gasteiger partial charge in [0.15, 0.2) is 0 Å². The molecule has 3 saturated carbocycles. The van der Waals surface area contributed by atoms with Crippen LogP contribution >= 0.6 is 0 Å². The Morgan fingerprint density at radius 1 is 1.19 bits per heavy atom. The van der Waals surface area contributed by atoms with Crippen molar-refractivity contribution < 1.29 is 9.90 Å². The third-order valence-corrected chi connectivity index (χ3v) is 9.49. The molecule has 26 heavy (non-hydrogen) atoms. The van der Waals surface area contributed by atoms with Gasteiger partial charge in [0, 0.05) is 25.0 Å². The van der Waals surface area contributed by atoms with Crippen molar-refractivity contribution in [2.24, 2.45) is 34.5 Å². The zero-order valence-corrected chi connectivity index (χ0v) is 16.7. The molecule has 5 rings (SSSR count). The van der Waals surface area contributed by atoms with E-state index in [9.17, 15) is 9.90 Å². The summed E-state index contributed by atoms with van der Waals surface area (Å²) in [6, 6.07) is 0.507. The van der Waals surface area contributed by atoms with E-state index in [4.69, 9.17) is 0 Å². The van der Waals surface area contributed by atoms with Crippen LogP contribution in [-0.4, -0.2) is 41.0 Å². The predicted molar refractivity (Wildman–Crippen MR) is 103 cm³/mol. The number of hydrogen-bond acceptors (Lipinski definition) is 3. The van der Waals surface area contributed by atoms with E-state index in [2.05, 4.69) is 24.8 Å². The summed E-state index contributed by atoms with van der Waals surface area (Å²) in [5, 5.41) is 10.2. The summed E-state index contributed by atoms with van der Waals surface area (Å²) in [6.07, 6.45) is 10.3. The van der Waals surface area contributed by atoms with Crippen LogP contribution in [0.25, 0.3) is 0 Å². The number of carbonyl (C=O) groups is 1. The van der Waals surface area contributed by atoms with Crippen LogP contribution in [0.3, 0.4) is 0 Å². The molecule has 0 amide bonds. The van der Waals surface area contributed by atoms with Crippen molar-refractivity contribution in [3.05, 3.63) is 11.6 Å². The molecule has 1 unspecified atom stereocenters. The molecule has 1 N–H and O–H groups in total. The second kappa shape index (κ2) is 5.67. The number of aliphatic hydroxyl groups is 1. The number of nitrogens with zero attached hydrogens (tertiary/aromatic N) is 1. The topological polar surface area (TPSA) is 40.3 Å². The first kappa shape index (κ1) is 17.4. The maximum atomic E-state index is 12.7. The van der Waals surface area contributed by atoms with Gasteiger partial charge in [0.2, 0.25) is 0 Å². The molecule has 0 spiro atoms. The van der Waals surface area contributed by atoms with Crippen LogP contribution in [0.2, 0.25) is 0 Å². The van der Waals surface area contributed by atoms with E-state index < -0.39 is 0 Å². The van der Waals surface area contributed by atoms with E-state index in [1.54, 1.807) is 5.57 Å². The smallest absolute Gasteiger partial charge is 0.135 e. The minimum absolute atomic E-state index is 0.125. The van der Waals surface area contributed by atoms with Crippen molar-refractivity contribution in [3.8, 4) is 0 Å². The molecule has 1 saturated heterocycles. The van der Waals surface area contributed by atoms with Crippen molar-refractivity contribution in [2.75, 3.05) is 13.1 Å². The van der Waals surface area contributed by atoms with E-state index in [-0.39, 0.29) is 17.4 Å². The minimum atomic E-state index is -0.125. The maximum Gasteiger partial charge on any atom is 0.135 e. The van der Waals surface area contributed by atoms with E-state index in [0.717, 1.165) is 31.1 Å². The van der Waals surface area contributed by atoms with Crippen LogP contribution in [0.5, 0.6) is 0 Å². The Labute approximate surface area is 158 Å². The first-order valence-electron chi connectivity index (χ1n) is 11.0. The summed E-state index contributed by atoms with van der Waals surface area (Å²) in [6.45, 7) is 9.19. The number of hydrogen-bond donors (Lipinski definition) is 1. The third-order valence-electron chi connectivity index (χ3n) is 9.49. The van der Waals surface area contributed by atoms with Crippen molar-refractivity contribution >= 4 is 5.78 Å². The summed E-state index contributed by atoms with van der Waals surface area (Å²) >= 11 is 0. The van der Waals surface area contributed by atoms with Gasteiger partial charge in [-0.05, 0) is 80.5 Å². The Hall–Kier alpha value is -0.670. The number of allylic oxidation sites excluding steroid dienone is 1. The highest BCUT2D eigenvalue weighted by Crippen LogP contribution is 2.67. The highest BCUT2D eigenvalue weighted by atomic mass is 16.3. The number of carbonyl (C=O) groups excluding carboxylic acids is 1. The zero-order valence-electron chi connectivity index (χ0n) is 16.7. The maximum absolute atomic E-state index is 12.7. The first-order chi connectivity index (χ1) is 12.3.